The van der Waals surface area contributed by atoms with Crippen LogP contribution < -0.4 is 0 Å². The van der Waals surface area contributed by atoms with E-state index in [1.807, 2.05) is 54.3 Å². The van der Waals surface area contributed by atoms with Gasteiger partial charge in [0.2, 0.25) is 5.91 Å². The van der Waals surface area contributed by atoms with E-state index in [1.165, 1.54) is 0 Å². The molecule has 1 aromatic carbocycles. The summed E-state index contributed by atoms with van der Waals surface area (Å²) in [6.45, 7) is 4.01. The fraction of sp³-hybridized carbons (Fsp3) is 0.389. The van der Waals surface area contributed by atoms with Crippen molar-refractivity contribution in [3.05, 3.63) is 48.2 Å². The van der Waals surface area contributed by atoms with Gasteiger partial charge in [-0.25, -0.2) is 0 Å². The van der Waals surface area contributed by atoms with Gasteiger partial charge in [-0.3, -0.25) is 4.79 Å². The van der Waals surface area contributed by atoms with Gasteiger partial charge in [0.05, 0.1) is 12.7 Å². The second-order valence-electron chi connectivity index (χ2n) is 5.65. The molecule has 22 heavy (non-hydrogen) atoms. The number of ether oxygens (including phenoxy) is 1. The molecule has 1 fully saturated rings. The molecular weight excluding hydrogens is 278 g/mol. The number of aryl methyl sites for hydroxylation is 1. The molecule has 2 aromatic rings. The van der Waals surface area contributed by atoms with E-state index in [9.17, 15) is 4.79 Å². The Bertz CT molecular complexity index is 620. The van der Waals surface area contributed by atoms with Crippen molar-refractivity contribution in [2.45, 2.75) is 25.9 Å². The molecule has 116 valence electrons. The minimum Gasteiger partial charge on any atom is -0.461 e. The van der Waals surface area contributed by atoms with Gasteiger partial charge in [0.15, 0.2) is 0 Å². The minimum absolute atomic E-state index is 0.131. The monoisotopic (exact) mass is 299 g/mol. The fourth-order valence-electron chi connectivity index (χ4n) is 2.70. The molecule has 1 atom stereocenters. The van der Waals surface area contributed by atoms with Gasteiger partial charge in [-0.2, -0.15) is 0 Å². The van der Waals surface area contributed by atoms with Crippen LogP contribution in [0.4, 0.5) is 0 Å². The molecule has 4 heteroatoms. The zero-order chi connectivity index (χ0) is 15.4. The Morgan fingerprint density at radius 2 is 2.05 bits per heavy atom. The number of carbonyl (C=O) groups is 1. The highest BCUT2D eigenvalue weighted by Gasteiger charge is 2.21. The van der Waals surface area contributed by atoms with Gasteiger partial charge in [-0.05, 0) is 19.1 Å². The van der Waals surface area contributed by atoms with Gasteiger partial charge in [-0.15, -0.1) is 0 Å². The van der Waals surface area contributed by atoms with Crippen LogP contribution in [-0.2, 0) is 16.0 Å². The summed E-state index contributed by atoms with van der Waals surface area (Å²) in [5.41, 5.74) is 1.06. The number of furan rings is 1. The van der Waals surface area contributed by atoms with Gasteiger partial charge in [0.1, 0.15) is 11.5 Å². The summed E-state index contributed by atoms with van der Waals surface area (Å²) >= 11 is 0. The minimum atomic E-state index is 0.131. The van der Waals surface area contributed by atoms with Gasteiger partial charge < -0.3 is 14.1 Å². The number of rotatable bonds is 4. The van der Waals surface area contributed by atoms with Crippen molar-refractivity contribution in [3.63, 3.8) is 0 Å². The van der Waals surface area contributed by atoms with E-state index in [4.69, 9.17) is 9.15 Å². The molecule has 0 N–H and O–H groups in total. The highest BCUT2D eigenvalue weighted by molar-refractivity contribution is 5.76. The predicted molar refractivity (Wildman–Crippen MR) is 84.5 cm³/mol. The van der Waals surface area contributed by atoms with E-state index in [1.54, 1.807) is 0 Å². The number of hydrogen-bond donors (Lipinski definition) is 0. The maximum atomic E-state index is 12.2. The molecule has 1 amide bonds. The van der Waals surface area contributed by atoms with Crippen molar-refractivity contribution in [1.82, 2.24) is 4.90 Å². The summed E-state index contributed by atoms with van der Waals surface area (Å²) in [4.78, 5) is 14.1. The van der Waals surface area contributed by atoms with Gasteiger partial charge in [-0.1, -0.05) is 30.3 Å². The zero-order valence-corrected chi connectivity index (χ0v) is 12.8. The van der Waals surface area contributed by atoms with Crippen molar-refractivity contribution in [2.24, 2.45) is 0 Å². The normalized spacial score (nSPS) is 18.4. The first-order chi connectivity index (χ1) is 10.7. The maximum Gasteiger partial charge on any atom is 0.223 e. The summed E-state index contributed by atoms with van der Waals surface area (Å²) in [7, 11) is 0. The molecule has 1 saturated heterocycles. The molecular formula is C18H21NO3. The van der Waals surface area contributed by atoms with Crippen molar-refractivity contribution < 1.29 is 13.9 Å². The van der Waals surface area contributed by atoms with Crippen LogP contribution in [0, 0.1) is 0 Å². The molecule has 0 bridgehead atoms. The Hall–Kier alpha value is -2.07. The summed E-state index contributed by atoms with van der Waals surface area (Å²) in [5.74, 6) is 1.88. The molecule has 4 nitrogen and oxygen atoms in total. The molecule has 0 radical (unpaired) electrons. The highest BCUT2D eigenvalue weighted by atomic mass is 16.5. The molecule has 1 unspecified atom stereocenters. The first kappa shape index (κ1) is 14.9. The number of benzene rings is 1. The molecule has 0 saturated carbocycles. The lowest BCUT2D eigenvalue weighted by atomic mass is 10.2. The van der Waals surface area contributed by atoms with Crippen molar-refractivity contribution in [3.8, 4) is 11.3 Å². The molecule has 0 spiro atoms. The van der Waals surface area contributed by atoms with E-state index in [2.05, 4.69) is 0 Å². The van der Waals surface area contributed by atoms with E-state index in [0.717, 1.165) is 17.1 Å². The number of morpholine rings is 1. The Morgan fingerprint density at radius 3 is 2.82 bits per heavy atom. The lowest BCUT2D eigenvalue weighted by molar-refractivity contribution is -0.138. The molecule has 0 aliphatic carbocycles. The Morgan fingerprint density at radius 1 is 1.23 bits per heavy atom. The summed E-state index contributed by atoms with van der Waals surface area (Å²) in [6, 6.07) is 13.9. The predicted octanol–water partition coefficient (Wildman–Crippen LogP) is 3.13. The molecule has 1 aliphatic heterocycles. The van der Waals surface area contributed by atoms with Crippen molar-refractivity contribution in [1.29, 1.82) is 0 Å². The second-order valence-corrected chi connectivity index (χ2v) is 5.65. The summed E-state index contributed by atoms with van der Waals surface area (Å²) in [6.07, 6.45) is 1.25. The quantitative estimate of drug-likeness (QED) is 0.871. The number of carbonyl (C=O) groups excluding carboxylic acids is 1. The molecule has 2 heterocycles. The summed E-state index contributed by atoms with van der Waals surface area (Å²) in [5, 5.41) is 0. The van der Waals surface area contributed by atoms with Gasteiger partial charge in [0, 0.05) is 31.5 Å². The topological polar surface area (TPSA) is 42.7 Å². The number of nitrogens with zero attached hydrogens (tertiary/aromatic N) is 1. The van der Waals surface area contributed by atoms with E-state index in [0.29, 0.717) is 32.5 Å². The van der Waals surface area contributed by atoms with E-state index >= 15 is 0 Å². The first-order valence-corrected chi connectivity index (χ1v) is 7.76. The zero-order valence-electron chi connectivity index (χ0n) is 12.8. The van der Waals surface area contributed by atoms with Crippen LogP contribution in [-0.4, -0.2) is 36.6 Å². The smallest absolute Gasteiger partial charge is 0.223 e. The average Bonchev–Trinajstić information content (AvgIpc) is 3.02. The third kappa shape index (κ3) is 3.57. The first-order valence-electron chi connectivity index (χ1n) is 7.76. The van der Waals surface area contributed by atoms with Crippen LogP contribution in [0.2, 0.25) is 0 Å². The second kappa shape index (κ2) is 6.79. The van der Waals surface area contributed by atoms with Crippen LogP contribution in [0.1, 0.15) is 19.1 Å². The SMILES string of the molecule is CC1CN(C(=O)CCc2ccc(-c3ccccc3)o2)CCO1. The van der Waals surface area contributed by atoms with Gasteiger partial charge in [0.25, 0.3) is 0 Å². The molecule has 3 rings (SSSR count). The van der Waals surface area contributed by atoms with E-state index in [-0.39, 0.29) is 12.0 Å². The van der Waals surface area contributed by atoms with Crippen LogP contribution in [0.25, 0.3) is 11.3 Å². The van der Waals surface area contributed by atoms with Crippen molar-refractivity contribution >= 4 is 5.91 Å². The van der Waals surface area contributed by atoms with Gasteiger partial charge >= 0.3 is 0 Å². The Kier molecular flexibility index (Phi) is 4.59. The van der Waals surface area contributed by atoms with Crippen molar-refractivity contribution in [2.75, 3.05) is 19.7 Å². The lowest BCUT2D eigenvalue weighted by Gasteiger charge is -2.31. The Labute approximate surface area is 130 Å². The third-order valence-corrected chi connectivity index (χ3v) is 3.90. The average molecular weight is 299 g/mol. The summed E-state index contributed by atoms with van der Waals surface area (Å²) < 4.78 is 11.3. The maximum absolute atomic E-state index is 12.2. The largest absolute Gasteiger partial charge is 0.461 e. The Balaban J connectivity index is 1.56. The lowest BCUT2D eigenvalue weighted by Crippen LogP contribution is -2.44. The molecule has 1 aromatic heterocycles. The van der Waals surface area contributed by atoms with E-state index < -0.39 is 0 Å². The van der Waals surface area contributed by atoms with Crippen LogP contribution in [0.3, 0.4) is 0 Å². The van der Waals surface area contributed by atoms with Crippen LogP contribution in [0.15, 0.2) is 46.9 Å². The van der Waals surface area contributed by atoms with Crippen LogP contribution in [0.5, 0.6) is 0 Å². The third-order valence-electron chi connectivity index (χ3n) is 3.90. The standard InChI is InChI=1S/C18H21NO3/c1-14-13-19(11-12-21-14)18(20)10-8-16-7-9-17(22-16)15-5-3-2-4-6-15/h2-7,9,14H,8,10-13H2,1H3. The highest BCUT2D eigenvalue weighted by Crippen LogP contribution is 2.22. The number of hydrogen-bond acceptors (Lipinski definition) is 3. The number of amides is 1. The molecule has 1 aliphatic rings. The van der Waals surface area contributed by atoms with Crippen LogP contribution >= 0.6 is 0 Å². The fourth-order valence-corrected chi connectivity index (χ4v) is 2.70.